The number of rotatable bonds is 3. The van der Waals surface area contributed by atoms with Crippen LogP contribution in [0.15, 0.2) is 29.2 Å². The summed E-state index contributed by atoms with van der Waals surface area (Å²) in [4.78, 5) is 3.45. The molecular weight excluding hydrogens is 398 g/mol. The van der Waals surface area contributed by atoms with E-state index in [1.54, 1.807) is 6.07 Å². The zero-order valence-corrected chi connectivity index (χ0v) is 14.7. The second kappa shape index (κ2) is 7.01. The summed E-state index contributed by atoms with van der Waals surface area (Å²) in [6, 6.07) is 5.87. The molecule has 0 amide bonds. The smallest absolute Gasteiger partial charge is 0.253 e. The standard InChI is InChI=1S/C15H12ClF4N3O2S/c16-9-3-1-2-4-10(9)26(24,25)23-7-5-22(6-8-23)13-11(17)14(19)21-15(20)12(13)18/h1-4H,5-8H2. The Labute approximate surface area is 151 Å². The fourth-order valence-corrected chi connectivity index (χ4v) is 4.61. The highest BCUT2D eigenvalue weighted by Crippen LogP contribution is 2.29. The molecule has 0 atom stereocenters. The van der Waals surface area contributed by atoms with Crippen LogP contribution >= 0.6 is 11.6 Å². The van der Waals surface area contributed by atoms with Crippen LogP contribution in [-0.2, 0) is 10.0 Å². The van der Waals surface area contributed by atoms with E-state index in [1.807, 2.05) is 0 Å². The maximum atomic E-state index is 13.8. The Morgan fingerprint density at radius 2 is 1.46 bits per heavy atom. The molecule has 5 nitrogen and oxygen atoms in total. The van der Waals surface area contributed by atoms with Crippen LogP contribution in [0.4, 0.5) is 23.2 Å². The van der Waals surface area contributed by atoms with Crippen LogP contribution in [0.2, 0.25) is 5.02 Å². The number of halogens is 5. The van der Waals surface area contributed by atoms with Crippen LogP contribution in [0.25, 0.3) is 0 Å². The largest absolute Gasteiger partial charge is 0.364 e. The molecule has 0 saturated carbocycles. The molecule has 11 heteroatoms. The lowest BCUT2D eigenvalue weighted by molar-refractivity contribution is 0.369. The topological polar surface area (TPSA) is 53.5 Å². The third kappa shape index (κ3) is 3.24. The average molecular weight is 410 g/mol. The highest BCUT2D eigenvalue weighted by molar-refractivity contribution is 7.89. The number of sulfonamides is 1. The van der Waals surface area contributed by atoms with E-state index in [4.69, 9.17) is 11.6 Å². The van der Waals surface area contributed by atoms with Gasteiger partial charge in [0.2, 0.25) is 21.7 Å². The predicted molar refractivity (Wildman–Crippen MR) is 86.5 cm³/mol. The molecule has 1 saturated heterocycles. The first kappa shape index (κ1) is 18.9. The summed E-state index contributed by atoms with van der Waals surface area (Å²) in [6.07, 6.45) is 0. The SMILES string of the molecule is O=S(=O)(c1ccccc1Cl)N1CCN(c2c(F)c(F)nc(F)c2F)CC1. The van der Waals surface area contributed by atoms with Crippen molar-refractivity contribution >= 4 is 27.3 Å². The lowest BCUT2D eigenvalue weighted by Crippen LogP contribution is -2.49. The molecule has 0 radical (unpaired) electrons. The number of benzene rings is 1. The van der Waals surface area contributed by atoms with Crippen molar-refractivity contribution in [2.75, 3.05) is 31.1 Å². The number of nitrogens with zero attached hydrogens (tertiary/aromatic N) is 3. The van der Waals surface area contributed by atoms with Crippen molar-refractivity contribution < 1.29 is 26.0 Å². The van der Waals surface area contributed by atoms with Gasteiger partial charge in [-0.25, -0.2) is 8.42 Å². The summed E-state index contributed by atoms with van der Waals surface area (Å²) in [5, 5.41) is 0.0466. The summed E-state index contributed by atoms with van der Waals surface area (Å²) in [6.45, 7) is -0.614. The monoisotopic (exact) mass is 409 g/mol. The Balaban J connectivity index is 1.84. The van der Waals surface area contributed by atoms with E-state index in [0.717, 1.165) is 9.21 Å². The molecule has 0 N–H and O–H groups in total. The second-order valence-electron chi connectivity index (χ2n) is 5.49. The van der Waals surface area contributed by atoms with Gasteiger partial charge in [0.25, 0.3) is 11.9 Å². The average Bonchev–Trinajstić information content (AvgIpc) is 2.61. The van der Waals surface area contributed by atoms with E-state index in [2.05, 4.69) is 4.98 Å². The van der Waals surface area contributed by atoms with E-state index in [9.17, 15) is 26.0 Å². The van der Waals surface area contributed by atoms with Crippen molar-refractivity contribution in [1.82, 2.24) is 9.29 Å². The highest BCUT2D eigenvalue weighted by Gasteiger charge is 2.33. The molecule has 1 aromatic carbocycles. The third-order valence-electron chi connectivity index (χ3n) is 3.98. The van der Waals surface area contributed by atoms with Crippen molar-refractivity contribution in [2.24, 2.45) is 0 Å². The number of hydrogen-bond donors (Lipinski definition) is 0. The summed E-state index contributed by atoms with van der Waals surface area (Å²) >= 11 is 5.92. The van der Waals surface area contributed by atoms with E-state index in [-0.39, 0.29) is 36.1 Å². The molecule has 3 rings (SSSR count). The Morgan fingerprint density at radius 1 is 0.923 bits per heavy atom. The molecule has 1 aliphatic rings. The summed E-state index contributed by atoms with van der Waals surface area (Å²) in [5.41, 5.74) is -0.898. The molecule has 1 fully saturated rings. The maximum absolute atomic E-state index is 13.8. The molecule has 0 aliphatic carbocycles. The van der Waals surface area contributed by atoms with E-state index >= 15 is 0 Å². The number of piperazine rings is 1. The van der Waals surface area contributed by atoms with Gasteiger partial charge in [0, 0.05) is 26.2 Å². The molecule has 2 aromatic rings. The fraction of sp³-hybridized carbons (Fsp3) is 0.267. The van der Waals surface area contributed by atoms with Gasteiger partial charge >= 0.3 is 0 Å². The molecule has 0 bridgehead atoms. The first-order valence-corrected chi connectivity index (χ1v) is 9.25. The summed E-state index contributed by atoms with van der Waals surface area (Å²) in [7, 11) is -3.91. The van der Waals surface area contributed by atoms with Gasteiger partial charge in [0.1, 0.15) is 10.6 Å². The van der Waals surface area contributed by atoms with Crippen molar-refractivity contribution in [2.45, 2.75) is 4.90 Å². The van der Waals surface area contributed by atoms with Crippen LogP contribution in [0.5, 0.6) is 0 Å². The Morgan fingerprint density at radius 3 is 2.00 bits per heavy atom. The first-order chi connectivity index (χ1) is 12.2. The number of hydrogen-bond acceptors (Lipinski definition) is 4. The predicted octanol–water partition coefficient (Wildman–Crippen LogP) is 2.80. The van der Waals surface area contributed by atoms with Gasteiger partial charge in [0.05, 0.1) is 5.02 Å². The van der Waals surface area contributed by atoms with Gasteiger partial charge in [-0.1, -0.05) is 23.7 Å². The van der Waals surface area contributed by atoms with Crippen molar-refractivity contribution in [3.8, 4) is 0 Å². The Bertz CT molecular complexity index is 924. The summed E-state index contributed by atoms with van der Waals surface area (Å²) in [5.74, 6) is -6.76. The first-order valence-electron chi connectivity index (χ1n) is 7.43. The lowest BCUT2D eigenvalue weighted by Gasteiger charge is -2.35. The van der Waals surface area contributed by atoms with Crippen LogP contribution < -0.4 is 4.90 Å². The lowest BCUT2D eigenvalue weighted by atomic mass is 10.2. The zero-order valence-electron chi connectivity index (χ0n) is 13.1. The number of aromatic nitrogens is 1. The second-order valence-corrected chi connectivity index (χ2v) is 7.81. The molecule has 26 heavy (non-hydrogen) atoms. The van der Waals surface area contributed by atoms with E-state index in [0.29, 0.717) is 0 Å². The highest BCUT2D eigenvalue weighted by atomic mass is 35.5. The molecule has 1 aromatic heterocycles. The van der Waals surface area contributed by atoms with E-state index < -0.39 is 39.2 Å². The molecule has 1 aliphatic heterocycles. The van der Waals surface area contributed by atoms with Crippen LogP contribution in [0.3, 0.4) is 0 Å². The fourth-order valence-electron chi connectivity index (χ4n) is 2.70. The molecule has 0 unspecified atom stereocenters. The minimum atomic E-state index is -3.91. The van der Waals surface area contributed by atoms with Crippen LogP contribution in [-0.4, -0.2) is 43.9 Å². The van der Waals surface area contributed by atoms with Gasteiger partial charge in [-0.15, -0.1) is 0 Å². The van der Waals surface area contributed by atoms with Gasteiger partial charge in [-0.05, 0) is 12.1 Å². The minimum Gasteiger partial charge on any atom is -0.364 e. The van der Waals surface area contributed by atoms with Crippen molar-refractivity contribution in [3.63, 3.8) is 0 Å². The van der Waals surface area contributed by atoms with Gasteiger partial charge < -0.3 is 4.90 Å². The minimum absolute atomic E-state index is 0.0466. The van der Waals surface area contributed by atoms with Crippen LogP contribution in [0.1, 0.15) is 0 Å². The number of anilines is 1. The molecule has 140 valence electrons. The van der Waals surface area contributed by atoms with Crippen LogP contribution in [0, 0.1) is 23.5 Å². The molecule has 2 heterocycles. The maximum Gasteiger partial charge on any atom is 0.253 e. The number of pyridine rings is 1. The van der Waals surface area contributed by atoms with Gasteiger partial charge in [0.15, 0.2) is 0 Å². The normalized spacial score (nSPS) is 16.1. The summed E-state index contributed by atoms with van der Waals surface area (Å²) < 4.78 is 80.6. The Hall–Kier alpha value is -1.91. The van der Waals surface area contributed by atoms with Gasteiger partial charge in [-0.3, -0.25) is 0 Å². The Kier molecular flexibility index (Phi) is 5.09. The third-order valence-corrected chi connectivity index (χ3v) is 6.38. The van der Waals surface area contributed by atoms with Gasteiger partial charge in [-0.2, -0.15) is 26.9 Å². The van der Waals surface area contributed by atoms with Crippen molar-refractivity contribution in [1.29, 1.82) is 0 Å². The zero-order chi connectivity index (χ0) is 19.1. The quantitative estimate of drug-likeness (QED) is 0.578. The van der Waals surface area contributed by atoms with Crippen molar-refractivity contribution in [3.05, 3.63) is 52.8 Å². The molecule has 0 spiro atoms. The van der Waals surface area contributed by atoms with E-state index in [1.165, 1.54) is 18.2 Å². The molecular formula is C15H12ClF4N3O2S.